The van der Waals surface area contributed by atoms with Crippen molar-refractivity contribution in [1.29, 1.82) is 0 Å². The van der Waals surface area contributed by atoms with E-state index in [0.29, 0.717) is 11.7 Å². The topological polar surface area (TPSA) is 21.3 Å². The number of benzene rings is 1. The molecule has 0 saturated carbocycles. The first-order chi connectivity index (χ1) is 7.63. The van der Waals surface area contributed by atoms with Crippen LogP contribution < -0.4 is 10.1 Å². The maximum absolute atomic E-state index is 13.5. The van der Waals surface area contributed by atoms with Crippen molar-refractivity contribution in [3.63, 3.8) is 0 Å². The molecule has 3 heteroatoms. The molecule has 1 aliphatic rings. The van der Waals surface area contributed by atoms with Gasteiger partial charge in [-0.25, -0.2) is 4.39 Å². The first kappa shape index (κ1) is 11.4. The summed E-state index contributed by atoms with van der Waals surface area (Å²) in [6.07, 6.45) is 0.905. The van der Waals surface area contributed by atoms with Crippen LogP contribution in [-0.4, -0.2) is 13.7 Å². The van der Waals surface area contributed by atoms with E-state index >= 15 is 0 Å². The quantitative estimate of drug-likeness (QED) is 0.832. The van der Waals surface area contributed by atoms with E-state index < -0.39 is 0 Å². The first-order valence-corrected chi connectivity index (χ1v) is 5.73. The summed E-state index contributed by atoms with van der Waals surface area (Å²) in [7, 11) is 1.60. The Bertz CT molecular complexity index is 390. The Balaban J connectivity index is 2.51. The van der Waals surface area contributed by atoms with Gasteiger partial charge in [0.2, 0.25) is 0 Å². The van der Waals surface area contributed by atoms with Gasteiger partial charge >= 0.3 is 0 Å². The van der Waals surface area contributed by atoms with Crippen LogP contribution in [0.2, 0.25) is 0 Å². The summed E-state index contributed by atoms with van der Waals surface area (Å²) in [6, 6.07) is 3.34. The zero-order valence-electron chi connectivity index (χ0n) is 10.0. The van der Waals surface area contributed by atoms with Crippen LogP contribution in [0.3, 0.4) is 0 Å². The highest BCUT2D eigenvalue weighted by atomic mass is 19.1. The van der Waals surface area contributed by atoms with Crippen molar-refractivity contribution in [3.05, 3.63) is 29.1 Å². The molecule has 0 saturated heterocycles. The fourth-order valence-corrected chi connectivity index (χ4v) is 2.42. The lowest BCUT2D eigenvalue weighted by molar-refractivity contribution is 0.370. The van der Waals surface area contributed by atoms with Crippen LogP contribution in [0.15, 0.2) is 12.1 Å². The summed E-state index contributed by atoms with van der Waals surface area (Å²) in [6.45, 7) is 5.21. The lowest BCUT2D eigenvalue weighted by Gasteiger charge is -2.30. The second kappa shape index (κ2) is 4.42. The van der Waals surface area contributed by atoms with Gasteiger partial charge in [-0.1, -0.05) is 13.8 Å². The number of ether oxygens (including phenoxy) is 1. The fourth-order valence-electron chi connectivity index (χ4n) is 2.42. The molecular formula is C13H18FNO. The lowest BCUT2D eigenvalue weighted by atomic mass is 9.87. The molecule has 0 amide bonds. The second-order valence-corrected chi connectivity index (χ2v) is 4.60. The molecule has 1 heterocycles. The third-order valence-corrected chi connectivity index (χ3v) is 3.17. The Morgan fingerprint density at radius 2 is 2.19 bits per heavy atom. The van der Waals surface area contributed by atoms with E-state index in [1.165, 1.54) is 6.07 Å². The molecule has 88 valence electrons. The molecule has 1 unspecified atom stereocenters. The Kier molecular flexibility index (Phi) is 3.15. The first-order valence-electron chi connectivity index (χ1n) is 5.73. The summed E-state index contributed by atoms with van der Waals surface area (Å²) in [5.41, 5.74) is 2.21. The molecule has 1 atom stereocenters. The van der Waals surface area contributed by atoms with Crippen molar-refractivity contribution in [3.8, 4) is 5.75 Å². The SMILES string of the molecule is COc1cc(F)cc2c1CCNC2C(C)C. The number of hydrogen-bond acceptors (Lipinski definition) is 2. The standard InChI is InChI=1S/C13H18FNO/c1-8(2)13-11-6-9(14)7-12(16-3)10(11)4-5-15-13/h6-8,13,15H,4-5H2,1-3H3. The zero-order chi connectivity index (χ0) is 11.7. The Hall–Kier alpha value is -1.09. The molecule has 1 aliphatic heterocycles. The minimum absolute atomic E-state index is 0.218. The van der Waals surface area contributed by atoms with Crippen LogP contribution in [0, 0.1) is 11.7 Å². The van der Waals surface area contributed by atoms with Crippen LogP contribution in [0.4, 0.5) is 4.39 Å². The maximum atomic E-state index is 13.5. The second-order valence-electron chi connectivity index (χ2n) is 4.60. The van der Waals surface area contributed by atoms with Crippen LogP contribution >= 0.6 is 0 Å². The molecule has 1 aromatic rings. The van der Waals surface area contributed by atoms with Gasteiger partial charge in [-0.05, 0) is 30.5 Å². The third-order valence-electron chi connectivity index (χ3n) is 3.17. The van der Waals surface area contributed by atoms with Crippen molar-refractivity contribution in [2.45, 2.75) is 26.3 Å². The molecule has 2 nitrogen and oxygen atoms in total. The highest BCUT2D eigenvalue weighted by Gasteiger charge is 2.25. The highest BCUT2D eigenvalue weighted by Crippen LogP contribution is 2.34. The van der Waals surface area contributed by atoms with E-state index in [9.17, 15) is 4.39 Å². The summed E-state index contributed by atoms with van der Waals surface area (Å²) < 4.78 is 18.7. The van der Waals surface area contributed by atoms with Gasteiger partial charge in [0.15, 0.2) is 0 Å². The molecule has 0 fully saturated rings. The number of halogens is 1. The molecule has 0 aliphatic carbocycles. The number of rotatable bonds is 2. The van der Waals surface area contributed by atoms with Gasteiger partial charge in [-0.2, -0.15) is 0 Å². The molecule has 16 heavy (non-hydrogen) atoms. The molecular weight excluding hydrogens is 205 g/mol. The van der Waals surface area contributed by atoms with E-state index in [2.05, 4.69) is 19.2 Å². The van der Waals surface area contributed by atoms with Crippen molar-refractivity contribution < 1.29 is 9.13 Å². The summed E-state index contributed by atoms with van der Waals surface area (Å²) in [4.78, 5) is 0. The van der Waals surface area contributed by atoms with Gasteiger partial charge in [0, 0.05) is 17.7 Å². The lowest BCUT2D eigenvalue weighted by Crippen LogP contribution is -2.33. The Labute approximate surface area is 95.8 Å². The van der Waals surface area contributed by atoms with E-state index in [4.69, 9.17) is 4.74 Å². The van der Waals surface area contributed by atoms with Crippen molar-refractivity contribution in [2.24, 2.45) is 5.92 Å². The van der Waals surface area contributed by atoms with Gasteiger partial charge < -0.3 is 10.1 Å². The highest BCUT2D eigenvalue weighted by molar-refractivity contribution is 5.44. The summed E-state index contributed by atoms with van der Waals surface area (Å²) in [5, 5.41) is 3.43. The third kappa shape index (κ3) is 1.92. The van der Waals surface area contributed by atoms with E-state index in [0.717, 1.165) is 24.1 Å². The number of methoxy groups -OCH3 is 1. The Morgan fingerprint density at radius 3 is 2.81 bits per heavy atom. The zero-order valence-corrected chi connectivity index (χ0v) is 10.0. The minimum atomic E-state index is -0.218. The molecule has 2 rings (SSSR count). The predicted octanol–water partition coefficient (Wildman–Crippen LogP) is 2.68. The number of nitrogens with one attached hydrogen (secondary N) is 1. The summed E-state index contributed by atoms with van der Waals surface area (Å²) in [5.74, 6) is 0.914. The van der Waals surface area contributed by atoms with E-state index in [1.807, 2.05) is 0 Å². The van der Waals surface area contributed by atoms with Gasteiger partial charge in [0.25, 0.3) is 0 Å². The van der Waals surface area contributed by atoms with Crippen LogP contribution in [-0.2, 0) is 6.42 Å². The normalized spacial score (nSPS) is 19.7. The van der Waals surface area contributed by atoms with Crippen molar-refractivity contribution in [1.82, 2.24) is 5.32 Å². The van der Waals surface area contributed by atoms with Gasteiger partial charge in [-0.15, -0.1) is 0 Å². The van der Waals surface area contributed by atoms with Gasteiger partial charge in [0.1, 0.15) is 11.6 Å². The van der Waals surface area contributed by atoms with Gasteiger partial charge in [-0.3, -0.25) is 0 Å². The van der Waals surface area contributed by atoms with Crippen LogP contribution in [0.5, 0.6) is 5.75 Å². The molecule has 0 aromatic heterocycles. The molecule has 1 N–H and O–H groups in total. The predicted molar refractivity (Wildman–Crippen MR) is 62.2 cm³/mol. The van der Waals surface area contributed by atoms with Gasteiger partial charge in [0.05, 0.1) is 7.11 Å². The van der Waals surface area contributed by atoms with Crippen molar-refractivity contribution in [2.75, 3.05) is 13.7 Å². The van der Waals surface area contributed by atoms with Crippen molar-refractivity contribution >= 4 is 0 Å². The number of fused-ring (bicyclic) bond motifs is 1. The summed E-state index contributed by atoms with van der Waals surface area (Å²) >= 11 is 0. The molecule has 0 spiro atoms. The van der Waals surface area contributed by atoms with Crippen LogP contribution in [0.25, 0.3) is 0 Å². The number of hydrogen-bond donors (Lipinski definition) is 1. The fraction of sp³-hybridized carbons (Fsp3) is 0.538. The minimum Gasteiger partial charge on any atom is -0.496 e. The maximum Gasteiger partial charge on any atom is 0.127 e. The monoisotopic (exact) mass is 223 g/mol. The van der Waals surface area contributed by atoms with E-state index in [-0.39, 0.29) is 11.9 Å². The van der Waals surface area contributed by atoms with Crippen LogP contribution in [0.1, 0.15) is 31.0 Å². The smallest absolute Gasteiger partial charge is 0.127 e. The largest absolute Gasteiger partial charge is 0.496 e. The molecule has 0 bridgehead atoms. The average Bonchev–Trinajstić information content (AvgIpc) is 2.26. The molecule has 1 aromatic carbocycles. The Morgan fingerprint density at radius 1 is 1.44 bits per heavy atom. The van der Waals surface area contributed by atoms with E-state index in [1.54, 1.807) is 13.2 Å². The molecule has 0 radical (unpaired) electrons. The average molecular weight is 223 g/mol.